The van der Waals surface area contributed by atoms with Gasteiger partial charge in [0.2, 0.25) is 11.8 Å². The van der Waals surface area contributed by atoms with Crippen LogP contribution in [-0.4, -0.2) is 88.7 Å². The molecule has 3 aliphatic rings. The van der Waals surface area contributed by atoms with Crippen molar-refractivity contribution >= 4 is 61.0 Å². The summed E-state index contributed by atoms with van der Waals surface area (Å²) in [5.74, 6) is -0.0703. The number of carbonyl (C=O) groups excluding carboxylic acids is 4. The summed E-state index contributed by atoms with van der Waals surface area (Å²) in [4.78, 5) is 57.2. The molecule has 0 spiro atoms. The zero-order valence-corrected chi connectivity index (χ0v) is 33.4. The van der Waals surface area contributed by atoms with Crippen LogP contribution in [0.5, 0.6) is 17.2 Å². The molecule has 12 heteroatoms. The highest BCUT2D eigenvalue weighted by Crippen LogP contribution is 2.47. The van der Waals surface area contributed by atoms with Gasteiger partial charge in [-0.3, -0.25) is 29.4 Å². The SMILES string of the molecule is C.O=C1CCC(N2C(=O)c3ccc(CCCCN4CCN(CCCc5ccc(Oc6c(-c7ccc(Br)cc7)sc7cc(O)ccc67)cc5)CC4)cc3C2=O)C(=O)N1. The third-order valence-electron chi connectivity index (χ3n) is 11.0. The third kappa shape index (κ3) is 8.99. The van der Waals surface area contributed by atoms with Crippen LogP contribution in [0.4, 0.5) is 0 Å². The number of hydrogen-bond donors (Lipinski definition) is 2. The Labute approximate surface area is 345 Å². The fraction of sp³-hybridized carbons (Fsp3) is 0.333. The number of ether oxygens (including phenoxy) is 1. The predicted molar refractivity (Wildman–Crippen MR) is 227 cm³/mol. The summed E-state index contributed by atoms with van der Waals surface area (Å²) in [7, 11) is 0. The molecule has 1 aromatic heterocycles. The van der Waals surface area contributed by atoms with Gasteiger partial charge < -0.3 is 19.6 Å². The van der Waals surface area contributed by atoms with Gasteiger partial charge in [0.25, 0.3) is 11.8 Å². The minimum absolute atomic E-state index is 0. The summed E-state index contributed by atoms with van der Waals surface area (Å²) in [5, 5.41) is 13.3. The van der Waals surface area contributed by atoms with Gasteiger partial charge >= 0.3 is 0 Å². The number of imide groups is 2. The maximum absolute atomic E-state index is 13.2. The Morgan fingerprint density at radius 3 is 2.14 bits per heavy atom. The van der Waals surface area contributed by atoms with E-state index in [1.54, 1.807) is 35.6 Å². The molecule has 4 aromatic carbocycles. The van der Waals surface area contributed by atoms with Crippen molar-refractivity contribution in [1.29, 1.82) is 0 Å². The van der Waals surface area contributed by atoms with E-state index in [4.69, 9.17) is 4.74 Å². The molecule has 3 aliphatic heterocycles. The molecule has 1 unspecified atom stereocenters. The number of nitrogens with one attached hydrogen (secondary N) is 1. The quantitative estimate of drug-likeness (QED) is 0.0896. The van der Waals surface area contributed by atoms with Crippen LogP contribution in [0, 0.1) is 0 Å². The summed E-state index contributed by atoms with van der Waals surface area (Å²) in [6.45, 7) is 6.32. The second kappa shape index (κ2) is 17.7. The number of phenols is 1. The number of phenolic OH excluding ortho intramolecular Hbond substituents is 1. The molecule has 0 bridgehead atoms. The molecule has 10 nitrogen and oxygen atoms in total. The normalized spacial score (nSPS) is 17.5. The first kappa shape index (κ1) is 40.3. The number of rotatable bonds is 13. The Hall–Kier alpha value is -4.88. The summed E-state index contributed by atoms with van der Waals surface area (Å²) >= 11 is 5.14. The predicted octanol–water partition coefficient (Wildman–Crippen LogP) is 8.44. The molecule has 2 N–H and O–H groups in total. The van der Waals surface area contributed by atoms with Crippen LogP contribution < -0.4 is 10.1 Å². The lowest BCUT2D eigenvalue weighted by molar-refractivity contribution is -0.136. The standard InChI is InChI=1S/C44H43BrN4O6S.CH4/c45-31-11-9-30(10-12-31)41-40(35-17-13-32(50)27-38(35)56-41)55-33-14-6-28(7-15-33)5-3-21-48-24-22-47(23-25-48)20-2-1-4-29-8-16-34-36(26-29)44(54)49(43(34)53)37-18-19-39(51)46-42(37)52;/h6-17,26-27,37,50H,1-5,18-25H2,(H,46,51,52);1H4. The van der Waals surface area contributed by atoms with E-state index in [1.807, 2.05) is 36.4 Å². The van der Waals surface area contributed by atoms with Gasteiger partial charge in [-0.1, -0.05) is 53.7 Å². The molecule has 4 heterocycles. The lowest BCUT2D eigenvalue weighted by Crippen LogP contribution is -2.54. The minimum Gasteiger partial charge on any atom is -0.508 e. The Morgan fingerprint density at radius 1 is 0.754 bits per heavy atom. The highest BCUT2D eigenvalue weighted by Gasteiger charge is 2.44. The fourth-order valence-electron chi connectivity index (χ4n) is 7.88. The lowest BCUT2D eigenvalue weighted by atomic mass is 10.0. The van der Waals surface area contributed by atoms with Gasteiger partial charge in [0.05, 0.1) is 16.0 Å². The van der Waals surface area contributed by atoms with Crippen LogP contribution in [0.25, 0.3) is 20.5 Å². The third-order valence-corrected chi connectivity index (χ3v) is 12.7. The number of hydrogen-bond acceptors (Lipinski definition) is 9. The van der Waals surface area contributed by atoms with E-state index in [0.717, 1.165) is 118 Å². The zero-order chi connectivity index (χ0) is 38.8. The van der Waals surface area contributed by atoms with E-state index in [0.29, 0.717) is 11.1 Å². The number of piperazine rings is 1. The number of amides is 4. The first-order valence-corrected chi connectivity index (χ1v) is 20.9. The number of halogens is 1. The van der Waals surface area contributed by atoms with E-state index >= 15 is 0 Å². The zero-order valence-electron chi connectivity index (χ0n) is 31.0. The second-order valence-electron chi connectivity index (χ2n) is 14.8. The number of thiophene rings is 1. The fourth-order valence-corrected chi connectivity index (χ4v) is 9.31. The number of nitrogens with zero attached hydrogens (tertiary/aromatic N) is 3. The average Bonchev–Trinajstić information content (AvgIpc) is 3.67. The highest BCUT2D eigenvalue weighted by atomic mass is 79.9. The van der Waals surface area contributed by atoms with Crippen LogP contribution in [0.1, 0.15) is 71.4 Å². The number of aromatic hydroxyl groups is 1. The van der Waals surface area contributed by atoms with Crippen molar-refractivity contribution in [1.82, 2.24) is 20.0 Å². The maximum Gasteiger partial charge on any atom is 0.262 e. The minimum atomic E-state index is -0.946. The number of unbranched alkanes of at least 4 members (excludes halogenated alkanes) is 1. The molecular weight excluding hydrogens is 804 g/mol. The van der Waals surface area contributed by atoms with E-state index < -0.39 is 23.8 Å². The Kier molecular flexibility index (Phi) is 12.5. The monoisotopic (exact) mass is 850 g/mol. The molecule has 8 rings (SSSR count). The molecule has 1 atom stereocenters. The summed E-state index contributed by atoms with van der Waals surface area (Å²) in [6, 6.07) is 26.5. The van der Waals surface area contributed by atoms with Crippen molar-refractivity contribution in [2.24, 2.45) is 0 Å². The van der Waals surface area contributed by atoms with Crippen molar-refractivity contribution in [2.75, 3.05) is 39.3 Å². The molecule has 4 amide bonds. The number of aryl methyl sites for hydroxylation is 2. The number of fused-ring (bicyclic) bond motifs is 2. The molecule has 0 saturated carbocycles. The topological polar surface area (TPSA) is 119 Å². The molecule has 57 heavy (non-hydrogen) atoms. The van der Waals surface area contributed by atoms with Crippen molar-refractivity contribution in [2.45, 2.75) is 58.4 Å². The van der Waals surface area contributed by atoms with Crippen molar-refractivity contribution in [3.8, 4) is 27.7 Å². The average molecular weight is 852 g/mol. The summed E-state index contributed by atoms with van der Waals surface area (Å²) in [5.41, 5.74) is 4.02. The maximum atomic E-state index is 13.2. The van der Waals surface area contributed by atoms with Gasteiger partial charge in [0, 0.05) is 47.2 Å². The van der Waals surface area contributed by atoms with Crippen LogP contribution in [0.2, 0.25) is 0 Å². The van der Waals surface area contributed by atoms with Gasteiger partial charge in [-0.2, -0.15) is 0 Å². The van der Waals surface area contributed by atoms with E-state index in [1.165, 1.54) is 5.56 Å². The van der Waals surface area contributed by atoms with Gasteiger partial charge in [0.1, 0.15) is 17.5 Å². The second-order valence-corrected chi connectivity index (χ2v) is 16.7. The van der Waals surface area contributed by atoms with Gasteiger partial charge in [-0.05, 0) is 123 Å². The van der Waals surface area contributed by atoms with Crippen molar-refractivity contribution in [3.05, 3.63) is 112 Å². The number of carbonyl (C=O) groups is 4. The van der Waals surface area contributed by atoms with Gasteiger partial charge in [0.15, 0.2) is 5.75 Å². The molecule has 0 radical (unpaired) electrons. The Bertz CT molecular complexity index is 2280. The van der Waals surface area contributed by atoms with Crippen molar-refractivity contribution in [3.63, 3.8) is 0 Å². The summed E-state index contributed by atoms with van der Waals surface area (Å²) < 4.78 is 8.52. The Morgan fingerprint density at radius 2 is 1.42 bits per heavy atom. The van der Waals surface area contributed by atoms with Crippen LogP contribution in [-0.2, 0) is 22.4 Å². The smallest absolute Gasteiger partial charge is 0.262 e. The summed E-state index contributed by atoms with van der Waals surface area (Å²) in [6.07, 6.45) is 5.18. The van der Waals surface area contributed by atoms with Crippen LogP contribution >= 0.6 is 27.3 Å². The van der Waals surface area contributed by atoms with Crippen LogP contribution in [0.3, 0.4) is 0 Å². The van der Waals surface area contributed by atoms with E-state index in [9.17, 15) is 24.3 Å². The first-order valence-electron chi connectivity index (χ1n) is 19.3. The lowest BCUT2D eigenvalue weighted by Gasteiger charge is -2.34. The molecule has 2 saturated heterocycles. The van der Waals surface area contributed by atoms with E-state index in [-0.39, 0.29) is 31.9 Å². The van der Waals surface area contributed by atoms with Gasteiger partial charge in [-0.15, -0.1) is 11.3 Å². The highest BCUT2D eigenvalue weighted by molar-refractivity contribution is 9.10. The molecule has 2 fully saturated rings. The van der Waals surface area contributed by atoms with Crippen LogP contribution in [0.15, 0.2) is 89.4 Å². The number of piperidine rings is 1. The number of benzene rings is 4. The molecule has 5 aromatic rings. The first-order chi connectivity index (χ1) is 27.2. The van der Waals surface area contributed by atoms with Crippen molar-refractivity contribution < 1.29 is 29.0 Å². The van der Waals surface area contributed by atoms with Gasteiger partial charge in [-0.25, -0.2) is 0 Å². The molecule has 0 aliphatic carbocycles. The Balaban J connectivity index is 0.00000496. The molecule has 296 valence electrons. The van der Waals surface area contributed by atoms with E-state index in [2.05, 4.69) is 55.3 Å². The largest absolute Gasteiger partial charge is 0.508 e. The molecular formula is C45H47BrN4O6S.